The van der Waals surface area contributed by atoms with Gasteiger partial charge in [-0.15, -0.1) is 0 Å². The molecule has 4 nitrogen and oxygen atoms in total. The number of anilines is 1. The van der Waals surface area contributed by atoms with Crippen LogP contribution in [0.2, 0.25) is 5.15 Å². The lowest BCUT2D eigenvalue weighted by Crippen LogP contribution is -2.03. The number of nitrogen functional groups attached to an aromatic ring is 1. The molecule has 2 heterocycles. The van der Waals surface area contributed by atoms with Crippen LogP contribution in [0.1, 0.15) is 5.69 Å². The summed E-state index contributed by atoms with van der Waals surface area (Å²) < 4.78 is 1.60. The Morgan fingerprint density at radius 3 is 2.93 bits per heavy atom. The van der Waals surface area contributed by atoms with E-state index in [0.717, 1.165) is 0 Å². The molecule has 2 rings (SSSR count). The maximum atomic E-state index is 8.86. The molecule has 0 amide bonds. The van der Waals surface area contributed by atoms with Crippen LogP contribution in [0.25, 0.3) is 5.82 Å². The van der Waals surface area contributed by atoms with Gasteiger partial charge in [0.15, 0.2) is 5.82 Å². The minimum Gasteiger partial charge on any atom is -0.396 e. The highest BCUT2D eigenvalue weighted by Gasteiger charge is 2.07. The zero-order valence-corrected chi connectivity index (χ0v) is 8.44. The van der Waals surface area contributed by atoms with Gasteiger partial charge >= 0.3 is 0 Å². The van der Waals surface area contributed by atoms with Crippen LogP contribution in [0.4, 0.5) is 5.69 Å². The smallest absolute Gasteiger partial charge is 0.162 e. The zero-order chi connectivity index (χ0) is 10.8. The first-order valence-corrected chi connectivity index (χ1v) is 4.60. The fraction of sp³-hybridized carbons (Fsp3) is 0. The monoisotopic (exact) mass is 218 g/mol. The predicted octanol–water partition coefficient (Wildman–Crippen LogP) is 1.98. The Morgan fingerprint density at radius 2 is 2.20 bits per heavy atom. The lowest BCUT2D eigenvalue weighted by molar-refractivity contribution is 0.993. The van der Waals surface area contributed by atoms with E-state index in [-0.39, 0.29) is 0 Å². The normalized spacial score (nSPS) is 9.87. The van der Waals surface area contributed by atoms with Gasteiger partial charge < -0.3 is 5.73 Å². The highest BCUT2D eigenvalue weighted by Crippen LogP contribution is 2.19. The standard InChI is InChI=1S/C10H7ClN4/c11-9-4-3-8(13)10(14-9)15-5-1-2-7(15)6-12/h1-5H,13H2. The highest BCUT2D eigenvalue weighted by molar-refractivity contribution is 6.29. The molecule has 0 saturated heterocycles. The van der Waals surface area contributed by atoms with Crippen LogP contribution >= 0.6 is 11.6 Å². The van der Waals surface area contributed by atoms with Crippen LogP contribution in [0.15, 0.2) is 30.5 Å². The molecule has 15 heavy (non-hydrogen) atoms. The molecule has 0 unspecified atom stereocenters. The number of pyridine rings is 1. The minimum atomic E-state index is 0.344. The number of nitrogens with two attached hydrogens (primary N) is 1. The summed E-state index contributed by atoms with van der Waals surface area (Å²) in [4.78, 5) is 4.08. The first kappa shape index (κ1) is 9.56. The van der Waals surface area contributed by atoms with Crippen LogP contribution in [0.5, 0.6) is 0 Å². The van der Waals surface area contributed by atoms with E-state index >= 15 is 0 Å². The highest BCUT2D eigenvalue weighted by atomic mass is 35.5. The Morgan fingerprint density at radius 1 is 1.40 bits per heavy atom. The maximum absolute atomic E-state index is 8.86. The van der Waals surface area contributed by atoms with Crippen molar-refractivity contribution in [3.8, 4) is 11.9 Å². The number of hydrogen-bond donors (Lipinski definition) is 1. The third-order valence-corrected chi connectivity index (χ3v) is 2.17. The van der Waals surface area contributed by atoms with Crippen molar-refractivity contribution in [2.45, 2.75) is 0 Å². The van der Waals surface area contributed by atoms with Crippen molar-refractivity contribution in [2.75, 3.05) is 5.73 Å². The minimum absolute atomic E-state index is 0.344. The number of rotatable bonds is 1. The van der Waals surface area contributed by atoms with Gasteiger partial charge in [0.1, 0.15) is 16.9 Å². The fourth-order valence-corrected chi connectivity index (χ4v) is 1.43. The summed E-state index contributed by atoms with van der Waals surface area (Å²) >= 11 is 5.77. The van der Waals surface area contributed by atoms with Gasteiger partial charge in [0.2, 0.25) is 0 Å². The van der Waals surface area contributed by atoms with Gasteiger partial charge in [-0.3, -0.25) is 4.57 Å². The predicted molar refractivity (Wildman–Crippen MR) is 57.7 cm³/mol. The van der Waals surface area contributed by atoms with Crippen LogP contribution in [0.3, 0.4) is 0 Å². The molecule has 2 aromatic rings. The average molecular weight is 219 g/mol. The van der Waals surface area contributed by atoms with Crippen LogP contribution in [-0.2, 0) is 0 Å². The topological polar surface area (TPSA) is 67.6 Å². The second-order valence-electron chi connectivity index (χ2n) is 2.92. The van der Waals surface area contributed by atoms with Gasteiger partial charge in [0.05, 0.1) is 5.69 Å². The molecular weight excluding hydrogens is 212 g/mol. The molecule has 2 N–H and O–H groups in total. The molecule has 0 aromatic carbocycles. The van der Waals surface area contributed by atoms with E-state index in [1.165, 1.54) is 0 Å². The SMILES string of the molecule is N#Cc1cccn1-c1nc(Cl)ccc1N. The van der Waals surface area contributed by atoms with E-state index in [1.807, 2.05) is 6.07 Å². The van der Waals surface area contributed by atoms with Crippen molar-refractivity contribution in [2.24, 2.45) is 0 Å². The average Bonchev–Trinajstić information content (AvgIpc) is 2.69. The van der Waals surface area contributed by atoms with Gasteiger partial charge in [0, 0.05) is 6.20 Å². The van der Waals surface area contributed by atoms with Crippen molar-refractivity contribution in [3.05, 3.63) is 41.3 Å². The Balaban J connectivity index is 2.64. The summed E-state index contributed by atoms with van der Waals surface area (Å²) in [5, 5.41) is 9.20. The Bertz CT molecular complexity index is 539. The van der Waals surface area contributed by atoms with Crippen LogP contribution in [0, 0.1) is 11.3 Å². The molecule has 2 aromatic heterocycles. The Labute approximate surface area is 91.5 Å². The van der Waals surface area contributed by atoms with Crippen LogP contribution < -0.4 is 5.73 Å². The van der Waals surface area contributed by atoms with Crippen molar-refractivity contribution >= 4 is 17.3 Å². The van der Waals surface area contributed by atoms with Crippen LogP contribution in [-0.4, -0.2) is 9.55 Å². The number of hydrogen-bond acceptors (Lipinski definition) is 3. The van der Waals surface area contributed by atoms with Gasteiger partial charge in [0.25, 0.3) is 0 Å². The third kappa shape index (κ3) is 1.65. The Kier molecular flexibility index (Phi) is 2.32. The summed E-state index contributed by atoms with van der Waals surface area (Å²) in [6.07, 6.45) is 1.72. The van der Waals surface area contributed by atoms with Gasteiger partial charge in [-0.25, -0.2) is 4.98 Å². The summed E-state index contributed by atoms with van der Waals surface area (Å²) in [5.74, 6) is 0.476. The first-order valence-electron chi connectivity index (χ1n) is 4.22. The van der Waals surface area contributed by atoms with E-state index in [0.29, 0.717) is 22.4 Å². The first-order chi connectivity index (χ1) is 7.22. The fourth-order valence-electron chi connectivity index (χ4n) is 1.29. The zero-order valence-electron chi connectivity index (χ0n) is 7.68. The van der Waals surface area contributed by atoms with E-state index < -0.39 is 0 Å². The van der Waals surface area contributed by atoms with E-state index in [9.17, 15) is 0 Å². The molecule has 0 bridgehead atoms. The van der Waals surface area contributed by atoms with Crippen molar-refractivity contribution in [3.63, 3.8) is 0 Å². The number of aromatic nitrogens is 2. The molecular formula is C10H7ClN4. The maximum Gasteiger partial charge on any atom is 0.162 e. The molecule has 0 fully saturated rings. The van der Waals surface area contributed by atoms with E-state index in [1.54, 1.807) is 35.0 Å². The molecule has 0 atom stereocenters. The second-order valence-corrected chi connectivity index (χ2v) is 3.31. The molecule has 0 aliphatic rings. The quantitative estimate of drug-likeness (QED) is 0.745. The molecule has 0 saturated carbocycles. The molecule has 0 radical (unpaired) electrons. The lowest BCUT2D eigenvalue weighted by Gasteiger charge is -2.06. The third-order valence-electron chi connectivity index (χ3n) is 1.96. The summed E-state index contributed by atoms with van der Waals surface area (Å²) in [5.41, 5.74) is 6.70. The van der Waals surface area contributed by atoms with Crippen molar-refractivity contribution in [1.82, 2.24) is 9.55 Å². The lowest BCUT2D eigenvalue weighted by atomic mass is 10.4. The van der Waals surface area contributed by atoms with Gasteiger partial charge in [-0.1, -0.05) is 11.6 Å². The summed E-state index contributed by atoms with van der Waals surface area (Å²) in [6, 6.07) is 8.74. The number of nitrogens with zero attached hydrogens (tertiary/aromatic N) is 3. The molecule has 5 heteroatoms. The molecule has 0 aliphatic carbocycles. The van der Waals surface area contributed by atoms with E-state index in [2.05, 4.69) is 4.98 Å². The molecule has 0 spiro atoms. The van der Waals surface area contributed by atoms with Gasteiger partial charge in [-0.05, 0) is 24.3 Å². The molecule has 0 aliphatic heterocycles. The second kappa shape index (κ2) is 3.64. The summed E-state index contributed by atoms with van der Waals surface area (Å²) in [7, 11) is 0. The number of nitriles is 1. The van der Waals surface area contributed by atoms with Gasteiger partial charge in [-0.2, -0.15) is 5.26 Å². The van der Waals surface area contributed by atoms with Crippen molar-refractivity contribution < 1.29 is 0 Å². The van der Waals surface area contributed by atoms with E-state index in [4.69, 9.17) is 22.6 Å². The summed E-state index contributed by atoms with van der Waals surface area (Å²) in [6.45, 7) is 0. The Hall–Kier alpha value is -1.99. The largest absolute Gasteiger partial charge is 0.396 e. The molecule has 74 valence electrons. The van der Waals surface area contributed by atoms with Crippen molar-refractivity contribution in [1.29, 1.82) is 5.26 Å². The number of halogens is 1.